The number of hydrogen-bond acceptors (Lipinski definition) is 3. The van der Waals surface area contributed by atoms with E-state index in [2.05, 4.69) is 4.98 Å². The molecule has 0 unspecified atom stereocenters. The Morgan fingerprint density at radius 1 is 1.26 bits per heavy atom. The van der Waals surface area contributed by atoms with E-state index in [-0.39, 0.29) is 0 Å². The van der Waals surface area contributed by atoms with E-state index in [4.69, 9.17) is 32.7 Å². The third kappa shape index (κ3) is 2.92. The molecular formula is C13H14Cl2N2O2. The number of methoxy groups -OCH3 is 2. The van der Waals surface area contributed by atoms with Crippen molar-refractivity contribution in [2.45, 2.75) is 12.3 Å². The fourth-order valence-corrected chi connectivity index (χ4v) is 2.49. The molecule has 102 valence electrons. The van der Waals surface area contributed by atoms with Crippen LogP contribution in [0.4, 0.5) is 0 Å². The van der Waals surface area contributed by atoms with Gasteiger partial charge in [-0.15, -0.1) is 0 Å². The van der Waals surface area contributed by atoms with Crippen molar-refractivity contribution in [1.29, 1.82) is 0 Å². The van der Waals surface area contributed by atoms with Crippen molar-refractivity contribution in [2.75, 3.05) is 14.2 Å². The van der Waals surface area contributed by atoms with Gasteiger partial charge in [0.15, 0.2) is 0 Å². The maximum atomic E-state index is 6.24. The van der Waals surface area contributed by atoms with E-state index in [9.17, 15) is 0 Å². The van der Waals surface area contributed by atoms with E-state index in [1.807, 2.05) is 10.8 Å². The molecule has 0 aliphatic heterocycles. The summed E-state index contributed by atoms with van der Waals surface area (Å²) in [6, 6.07) is 5.22. The average Bonchev–Trinajstić information content (AvgIpc) is 2.89. The van der Waals surface area contributed by atoms with Gasteiger partial charge in [0, 0.05) is 37.2 Å². The molecule has 0 atom stereocenters. The Labute approximate surface area is 121 Å². The maximum Gasteiger partial charge on any atom is 0.214 e. The van der Waals surface area contributed by atoms with Gasteiger partial charge >= 0.3 is 0 Å². The third-order valence-electron chi connectivity index (χ3n) is 2.95. The van der Waals surface area contributed by atoms with Crippen LogP contribution < -0.4 is 0 Å². The van der Waals surface area contributed by atoms with Crippen LogP contribution in [0.2, 0.25) is 10.0 Å². The first-order valence-electron chi connectivity index (χ1n) is 5.63. The third-order valence-corrected chi connectivity index (χ3v) is 3.50. The summed E-state index contributed by atoms with van der Waals surface area (Å²) >= 11 is 12.2. The minimum absolute atomic E-state index is 0.432. The second-order valence-corrected chi connectivity index (χ2v) is 4.86. The quantitative estimate of drug-likeness (QED) is 0.795. The Morgan fingerprint density at radius 2 is 2.00 bits per heavy atom. The van der Waals surface area contributed by atoms with Crippen LogP contribution in [0, 0.1) is 0 Å². The van der Waals surface area contributed by atoms with Crippen molar-refractivity contribution in [2.24, 2.45) is 0 Å². The van der Waals surface area contributed by atoms with Gasteiger partial charge in [-0.05, 0) is 12.1 Å². The molecule has 0 N–H and O–H groups in total. The number of aromatic nitrogens is 2. The molecule has 2 rings (SSSR count). The highest BCUT2D eigenvalue weighted by atomic mass is 35.5. The molecule has 0 aliphatic carbocycles. The van der Waals surface area contributed by atoms with Crippen molar-refractivity contribution < 1.29 is 9.47 Å². The molecule has 0 bridgehead atoms. The zero-order valence-electron chi connectivity index (χ0n) is 10.6. The van der Waals surface area contributed by atoms with Gasteiger partial charge in [-0.2, -0.15) is 0 Å². The minimum atomic E-state index is -0.984. The molecule has 4 nitrogen and oxygen atoms in total. The molecule has 6 heteroatoms. The number of hydrogen-bond donors (Lipinski definition) is 0. The van der Waals surface area contributed by atoms with Gasteiger partial charge in [-0.1, -0.05) is 29.3 Å². The molecule has 0 saturated carbocycles. The highest BCUT2D eigenvalue weighted by Gasteiger charge is 2.34. The standard InChI is InChI=1S/C13H14Cl2N2O2/c1-18-13(19-2,8-17-6-5-16-9-17)11-4-3-10(14)7-12(11)15/h3-7,9H,8H2,1-2H3. The van der Waals surface area contributed by atoms with Gasteiger partial charge < -0.3 is 14.0 Å². The Bertz CT molecular complexity index is 540. The van der Waals surface area contributed by atoms with Crippen molar-refractivity contribution in [3.05, 3.63) is 52.5 Å². The molecule has 0 spiro atoms. The molecule has 1 aromatic carbocycles. The Hall–Kier alpha value is -1.07. The highest BCUT2D eigenvalue weighted by Crippen LogP contribution is 2.34. The van der Waals surface area contributed by atoms with Crippen LogP contribution in [-0.2, 0) is 21.8 Å². The molecule has 0 amide bonds. The Balaban J connectivity index is 2.43. The Kier molecular flexibility index (Phi) is 4.47. The van der Waals surface area contributed by atoms with E-state index in [1.54, 1.807) is 44.9 Å². The molecule has 1 heterocycles. The number of imidazole rings is 1. The fourth-order valence-electron chi connectivity index (χ4n) is 1.94. The van der Waals surface area contributed by atoms with Crippen molar-refractivity contribution >= 4 is 23.2 Å². The van der Waals surface area contributed by atoms with E-state index in [0.29, 0.717) is 16.6 Å². The lowest BCUT2D eigenvalue weighted by molar-refractivity contribution is -0.224. The van der Waals surface area contributed by atoms with Gasteiger partial charge in [0.2, 0.25) is 5.79 Å². The summed E-state index contributed by atoms with van der Waals surface area (Å²) in [4.78, 5) is 4.00. The normalized spacial score (nSPS) is 11.8. The largest absolute Gasteiger partial charge is 0.348 e. The highest BCUT2D eigenvalue weighted by molar-refractivity contribution is 6.35. The number of nitrogens with zero attached hydrogens (tertiary/aromatic N) is 2. The smallest absolute Gasteiger partial charge is 0.214 e. The number of halogens is 2. The van der Waals surface area contributed by atoms with Gasteiger partial charge in [-0.3, -0.25) is 0 Å². The van der Waals surface area contributed by atoms with Crippen LogP contribution in [0.3, 0.4) is 0 Å². The number of rotatable bonds is 5. The molecular weight excluding hydrogens is 287 g/mol. The van der Waals surface area contributed by atoms with Crippen LogP contribution in [0.15, 0.2) is 36.9 Å². The van der Waals surface area contributed by atoms with Crippen LogP contribution in [0.5, 0.6) is 0 Å². The summed E-state index contributed by atoms with van der Waals surface area (Å²) < 4.78 is 13.0. The van der Waals surface area contributed by atoms with Crippen molar-refractivity contribution in [1.82, 2.24) is 9.55 Å². The Morgan fingerprint density at radius 3 is 2.53 bits per heavy atom. The van der Waals surface area contributed by atoms with Gasteiger partial charge in [0.25, 0.3) is 0 Å². The van der Waals surface area contributed by atoms with E-state index >= 15 is 0 Å². The predicted molar refractivity (Wildman–Crippen MR) is 74.4 cm³/mol. The molecule has 0 fully saturated rings. The molecule has 0 radical (unpaired) electrons. The lowest BCUT2D eigenvalue weighted by Gasteiger charge is -2.32. The first-order chi connectivity index (χ1) is 9.11. The fraction of sp³-hybridized carbons (Fsp3) is 0.308. The molecule has 19 heavy (non-hydrogen) atoms. The van der Waals surface area contributed by atoms with Crippen LogP contribution in [-0.4, -0.2) is 23.8 Å². The lowest BCUT2D eigenvalue weighted by atomic mass is 10.1. The van der Waals surface area contributed by atoms with Gasteiger partial charge in [-0.25, -0.2) is 4.98 Å². The van der Waals surface area contributed by atoms with Gasteiger partial charge in [0.05, 0.1) is 17.9 Å². The molecule has 2 aromatic rings. The van der Waals surface area contributed by atoms with Crippen LogP contribution in [0.25, 0.3) is 0 Å². The average molecular weight is 301 g/mol. The molecule has 0 aliphatic rings. The summed E-state index contributed by atoms with van der Waals surface area (Å²) in [7, 11) is 3.15. The van der Waals surface area contributed by atoms with Gasteiger partial charge in [0.1, 0.15) is 0 Å². The first kappa shape index (κ1) is 14.3. The summed E-state index contributed by atoms with van der Waals surface area (Å²) in [6.45, 7) is 0.432. The van der Waals surface area contributed by atoms with Crippen molar-refractivity contribution in [3.8, 4) is 0 Å². The summed E-state index contributed by atoms with van der Waals surface area (Å²) in [5, 5.41) is 1.06. The second kappa shape index (κ2) is 5.92. The van der Waals surface area contributed by atoms with Crippen LogP contribution >= 0.6 is 23.2 Å². The summed E-state index contributed by atoms with van der Waals surface area (Å²) in [5.41, 5.74) is 0.720. The maximum absolute atomic E-state index is 6.24. The summed E-state index contributed by atoms with van der Waals surface area (Å²) in [5.74, 6) is -0.984. The van der Waals surface area contributed by atoms with Crippen LogP contribution in [0.1, 0.15) is 5.56 Å². The number of ether oxygens (including phenoxy) is 2. The molecule has 0 saturated heterocycles. The second-order valence-electron chi connectivity index (χ2n) is 4.02. The predicted octanol–water partition coefficient (Wildman–Crippen LogP) is 3.34. The lowest BCUT2D eigenvalue weighted by Crippen LogP contribution is -2.35. The zero-order chi connectivity index (χ0) is 13.9. The van der Waals surface area contributed by atoms with Crippen molar-refractivity contribution in [3.63, 3.8) is 0 Å². The summed E-state index contributed by atoms with van der Waals surface area (Å²) in [6.07, 6.45) is 5.22. The minimum Gasteiger partial charge on any atom is -0.348 e. The van der Waals surface area contributed by atoms with E-state index in [1.165, 1.54) is 0 Å². The first-order valence-corrected chi connectivity index (χ1v) is 6.38. The monoisotopic (exact) mass is 300 g/mol. The van der Waals surface area contributed by atoms with E-state index in [0.717, 1.165) is 5.56 Å². The van der Waals surface area contributed by atoms with E-state index < -0.39 is 5.79 Å². The number of benzene rings is 1. The zero-order valence-corrected chi connectivity index (χ0v) is 12.1. The topological polar surface area (TPSA) is 36.3 Å². The SMILES string of the molecule is COC(Cn1ccnc1)(OC)c1ccc(Cl)cc1Cl. The molecule has 1 aromatic heterocycles.